The number of aryl methyl sites for hydroxylation is 2. The summed E-state index contributed by atoms with van der Waals surface area (Å²) in [5, 5.41) is 5.73. The van der Waals surface area contributed by atoms with Crippen molar-refractivity contribution >= 4 is 27.2 Å². The smallest absolute Gasteiger partial charge is 0.260 e. The lowest BCUT2D eigenvalue weighted by Crippen LogP contribution is -2.14. The van der Waals surface area contributed by atoms with Gasteiger partial charge in [0.25, 0.3) is 5.56 Å². The zero-order valence-electron chi connectivity index (χ0n) is 15.0. The summed E-state index contributed by atoms with van der Waals surface area (Å²) in [7, 11) is 0. The van der Waals surface area contributed by atoms with E-state index in [1.54, 1.807) is 12.1 Å². The van der Waals surface area contributed by atoms with Crippen LogP contribution in [0.4, 0.5) is 10.1 Å². The molecule has 6 heteroatoms. The molecule has 0 spiro atoms. The van der Waals surface area contributed by atoms with Crippen LogP contribution in [0.25, 0.3) is 21.3 Å². The van der Waals surface area contributed by atoms with Gasteiger partial charge in [0, 0.05) is 16.6 Å². The fourth-order valence-electron chi connectivity index (χ4n) is 2.96. The van der Waals surface area contributed by atoms with Crippen LogP contribution in [0.1, 0.15) is 17.0 Å². The molecule has 4 aromatic rings. The highest BCUT2D eigenvalue weighted by atomic mass is 32.1. The normalized spacial score (nSPS) is 11.1. The minimum atomic E-state index is -0.301. The van der Waals surface area contributed by atoms with Crippen LogP contribution < -0.4 is 10.9 Å². The Labute approximate surface area is 159 Å². The molecule has 0 aliphatic carbocycles. The number of aromatic nitrogens is 2. The van der Waals surface area contributed by atoms with Crippen molar-refractivity contribution in [3.05, 3.63) is 81.0 Å². The zero-order chi connectivity index (χ0) is 19.0. The highest BCUT2D eigenvalue weighted by Gasteiger charge is 2.13. The van der Waals surface area contributed by atoms with Gasteiger partial charge < -0.3 is 10.3 Å². The quantitative estimate of drug-likeness (QED) is 0.523. The average molecular weight is 379 g/mol. The van der Waals surface area contributed by atoms with Crippen molar-refractivity contribution in [2.24, 2.45) is 0 Å². The molecule has 4 nitrogen and oxygen atoms in total. The van der Waals surface area contributed by atoms with Gasteiger partial charge in [-0.05, 0) is 54.8 Å². The van der Waals surface area contributed by atoms with Gasteiger partial charge in [-0.1, -0.05) is 18.2 Å². The Morgan fingerprint density at radius 3 is 2.63 bits per heavy atom. The Kier molecular flexibility index (Phi) is 4.49. The average Bonchev–Trinajstić information content (AvgIpc) is 3.08. The summed E-state index contributed by atoms with van der Waals surface area (Å²) in [6, 6.07) is 12.3. The third kappa shape index (κ3) is 3.48. The van der Waals surface area contributed by atoms with Crippen LogP contribution in [0, 0.1) is 19.7 Å². The topological polar surface area (TPSA) is 57.8 Å². The number of rotatable bonds is 4. The predicted octanol–water partition coefficient (Wildman–Crippen LogP) is 5.02. The molecule has 2 N–H and O–H groups in total. The highest BCUT2D eigenvalue weighted by Crippen LogP contribution is 2.30. The lowest BCUT2D eigenvalue weighted by molar-refractivity contribution is 0.628. The second kappa shape index (κ2) is 6.96. The molecule has 27 heavy (non-hydrogen) atoms. The Hall–Kier alpha value is -2.99. The molecule has 136 valence electrons. The molecule has 0 fully saturated rings. The lowest BCUT2D eigenvalue weighted by atomic mass is 10.1. The molecular weight excluding hydrogens is 361 g/mol. The molecule has 0 saturated heterocycles. The monoisotopic (exact) mass is 379 g/mol. The van der Waals surface area contributed by atoms with Gasteiger partial charge in [-0.2, -0.15) is 0 Å². The number of nitrogens with zero attached hydrogens (tertiary/aromatic N) is 1. The molecule has 0 radical (unpaired) electrons. The molecule has 2 aromatic carbocycles. The summed E-state index contributed by atoms with van der Waals surface area (Å²) in [6.45, 7) is 4.56. The van der Waals surface area contributed by atoms with Crippen molar-refractivity contribution in [2.75, 3.05) is 5.32 Å². The lowest BCUT2D eigenvalue weighted by Gasteiger charge is -2.08. The van der Waals surface area contributed by atoms with Crippen molar-refractivity contribution in [1.29, 1.82) is 0 Å². The minimum Gasteiger partial charge on any atom is -0.378 e. The van der Waals surface area contributed by atoms with Crippen LogP contribution in [0.3, 0.4) is 0 Å². The summed E-state index contributed by atoms with van der Waals surface area (Å²) in [6.07, 6.45) is 0. The second-order valence-electron chi connectivity index (χ2n) is 6.50. The van der Waals surface area contributed by atoms with Crippen molar-refractivity contribution < 1.29 is 4.39 Å². The van der Waals surface area contributed by atoms with Gasteiger partial charge in [0.15, 0.2) is 0 Å². The Morgan fingerprint density at radius 1 is 1.11 bits per heavy atom. The van der Waals surface area contributed by atoms with E-state index in [0.29, 0.717) is 22.6 Å². The van der Waals surface area contributed by atoms with E-state index in [0.717, 1.165) is 16.8 Å². The molecule has 0 amide bonds. The van der Waals surface area contributed by atoms with Crippen molar-refractivity contribution in [1.82, 2.24) is 9.97 Å². The van der Waals surface area contributed by atoms with E-state index in [2.05, 4.69) is 41.3 Å². The molecule has 2 aromatic heterocycles. The van der Waals surface area contributed by atoms with E-state index in [-0.39, 0.29) is 11.4 Å². The number of hydrogen-bond acceptors (Lipinski definition) is 4. The van der Waals surface area contributed by atoms with E-state index >= 15 is 0 Å². The first-order chi connectivity index (χ1) is 13.0. The fourth-order valence-corrected chi connectivity index (χ4v) is 3.92. The molecular formula is C21H18FN3OS. The largest absolute Gasteiger partial charge is 0.378 e. The standard InChI is InChI=1S/C21H18FN3OS/c1-12-3-8-16(9-13(12)2)23-10-18-24-20(26)19-17(11-27-21(19)25-18)14-4-6-15(22)7-5-14/h3-9,11,23H,10H2,1-2H3,(H,24,25,26). The van der Waals surface area contributed by atoms with E-state index < -0.39 is 0 Å². The number of hydrogen-bond donors (Lipinski definition) is 2. The van der Waals surface area contributed by atoms with E-state index in [1.807, 2.05) is 11.4 Å². The first-order valence-electron chi connectivity index (χ1n) is 8.59. The summed E-state index contributed by atoms with van der Waals surface area (Å²) in [5.41, 5.74) is 4.82. The number of thiophene rings is 1. The van der Waals surface area contributed by atoms with E-state index in [4.69, 9.17) is 0 Å². The third-order valence-corrected chi connectivity index (χ3v) is 5.49. The Bertz CT molecular complexity index is 1180. The number of benzene rings is 2. The van der Waals surface area contributed by atoms with Crippen LogP contribution >= 0.6 is 11.3 Å². The summed E-state index contributed by atoms with van der Waals surface area (Å²) < 4.78 is 13.2. The molecule has 2 heterocycles. The highest BCUT2D eigenvalue weighted by molar-refractivity contribution is 7.17. The first-order valence-corrected chi connectivity index (χ1v) is 9.46. The second-order valence-corrected chi connectivity index (χ2v) is 7.36. The third-order valence-electron chi connectivity index (χ3n) is 4.62. The SMILES string of the molecule is Cc1ccc(NCc2nc3scc(-c4ccc(F)cc4)c3c(=O)[nH]2)cc1C. The molecule has 0 saturated carbocycles. The molecule has 0 aliphatic heterocycles. The Balaban J connectivity index is 1.63. The number of nitrogens with one attached hydrogen (secondary N) is 2. The number of H-pyrrole nitrogens is 1. The van der Waals surface area contributed by atoms with Gasteiger partial charge in [-0.25, -0.2) is 9.37 Å². The van der Waals surface area contributed by atoms with Gasteiger partial charge >= 0.3 is 0 Å². The van der Waals surface area contributed by atoms with Crippen molar-refractivity contribution in [2.45, 2.75) is 20.4 Å². The molecule has 4 rings (SSSR count). The van der Waals surface area contributed by atoms with Crippen LogP contribution in [0.5, 0.6) is 0 Å². The molecule has 0 atom stereocenters. The van der Waals surface area contributed by atoms with Crippen LogP contribution in [0.15, 0.2) is 52.6 Å². The predicted molar refractivity (Wildman–Crippen MR) is 109 cm³/mol. The first kappa shape index (κ1) is 17.4. The van der Waals surface area contributed by atoms with Gasteiger partial charge in [-0.15, -0.1) is 11.3 Å². The summed E-state index contributed by atoms with van der Waals surface area (Å²) in [5.74, 6) is 0.281. The molecule has 0 bridgehead atoms. The van der Waals surface area contributed by atoms with Crippen LogP contribution in [-0.2, 0) is 6.54 Å². The minimum absolute atomic E-state index is 0.183. The van der Waals surface area contributed by atoms with Gasteiger partial charge in [0.2, 0.25) is 0 Å². The van der Waals surface area contributed by atoms with Gasteiger partial charge in [-0.3, -0.25) is 4.79 Å². The maximum Gasteiger partial charge on any atom is 0.260 e. The molecule has 0 unspecified atom stereocenters. The summed E-state index contributed by atoms with van der Waals surface area (Å²) >= 11 is 1.41. The van der Waals surface area contributed by atoms with Gasteiger partial charge in [0.05, 0.1) is 11.9 Å². The van der Waals surface area contributed by atoms with Crippen molar-refractivity contribution in [3.63, 3.8) is 0 Å². The maximum absolute atomic E-state index is 13.2. The number of halogens is 1. The van der Waals surface area contributed by atoms with E-state index in [9.17, 15) is 9.18 Å². The molecule has 0 aliphatic rings. The van der Waals surface area contributed by atoms with E-state index in [1.165, 1.54) is 34.6 Å². The van der Waals surface area contributed by atoms with Crippen molar-refractivity contribution in [3.8, 4) is 11.1 Å². The van der Waals surface area contributed by atoms with Gasteiger partial charge in [0.1, 0.15) is 16.5 Å². The maximum atomic E-state index is 13.2. The summed E-state index contributed by atoms with van der Waals surface area (Å²) in [4.78, 5) is 20.8. The number of aromatic amines is 1. The fraction of sp³-hybridized carbons (Fsp3) is 0.143. The van der Waals surface area contributed by atoms with Crippen LogP contribution in [-0.4, -0.2) is 9.97 Å². The zero-order valence-corrected chi connectivity index (χ0v) is 15.8. The number of fused-ring (bicyclic) bond motifs is 1. The van der Waals surface area contributed by atoms with Crippen LogP contribution in [0.2, 0.25) is 0 Å². The number of anilines is 1. The Morgan fingerprint density at radius 2 is 1.89 bits per heavy atom.